The van der Waals surface area contributed by atoms with Crippen LogP contribution in [0.5, 0.6) is 0 Å². The number of carbonyl (C=O) groups excluding carboxylic acids is 1. The maximum atomic E-state index is 12.8. The minimum atomic E-state index is -4.26. The van der Waals surface area contributed by atoms with Gasteiger partial charge in [0.1, 0.15) is 0 Å². The molecular formula is C15H19F3N2O3S. The Morgan fingerprint density at radius 2 is 1.96 bits per heavy atom. The highest BCUT2D eigenvalue weighted by Crippen LogP contribution is 2.37. The molecule has 1 aliphatic carbocycles. The summed E-state index contributed by atoms with van der Waals surface area (Å²) < 4.78 is 64.1. The quantitative estimate of drug-likeness (QED) is 0.862. The Morgan fingerprint density at radius 1 is 1.25 bits per heavy atom. The fourth-order valence-electron chi connectivity index (χ4n) is 2.81. The van der Waals surface area contributed by atoms with E-state index in [4.69, 9.17) is 0 Å². The summed E-state index contributed by atoms with van der Waals surface area (Å²) in [5.74, 6) is -1.98. The Hall–Kier alpha value is -1.61. The number of sulfonamides is 1. The highest BCUT2D eigenvalue weighted by atomic mass is 32.2. The Kier molecular flexibility index (Phi) is 5.54. The first kappa shape index (κ1) is 18.7. The van der Waals surface area contributed by atoms with Crippen molar-refractivity contribution >= 4 is 15.9 Å². The molecule has 134 valence electrons. The summed E-state index contributed by atoms with van der Waals surface area (Å²) in [4.78, 5) is 12.2. The van der Waals surface area contributed by atoms with Crippen LogP contribution in [0.1, 0.15) is 36.0 Å². The molecule has 1 saturated carbocycles. The molecule has 0 heterocycles. The topological polar surface area (TPSA) is 75.3 Å². The smallest absolute Gasteiger partial charge is 0.349 e. The zero-order chi connectivity index (χ0) is 18.0. The van der Waals surface area contributed by atoms with E-state index < -0.39 is 34.1 Å². The number of halogens is 3. The number of amides is 1. The largest absolute Gasteiger partial charge is 0.391 e. The summed E-state index contributed by atoms with van der Waals surface area (Å²) in [6, 6.07) is 4.81. The summed E-state index contributed by atoms with van der Waals surface area (Å²) >= 11 is 0. The molecule has 2 rings (SSSR count). The number of carbonyl (C=O) groups is 1. The second kappa shape index (κ2) is 7.10. The molecule has 5 nitrogen and oxygen atoms in total. The van der Waals surface area contributed by atoms with E-state index in [0.717, 1.165) is 0 Å². The lowest BCUT2D eigenvalue weighted by Crippen LogP contribution is -2.41. The van der Waals surface area contributed by atoms with E-state index in [9.17, 15) is 26.4 Å². The Bertz CT molecular complexity index is 704. The summed E-state index contributed by atoms with van der Waals surface area (Å²) in [6.45, 7) is 0. The van der Waals surface area contributed by atoms with Gasteiger partial charge in [-0.05, 0) is 44.5 Å². The van der Waals surface area contributed by atoms with E-state index in [0.29, 0.717) is 12.8 Å². The monoisotopic (exact) mass is 364 g/mol. The lowest BCUT2D eigenvalue weighted by atomic mass is 9.85. The van der Waals surface area contributed by atoms with E-state index in [-0.39, 0.29) is 23.3 Å². The first-order valence-electron chi connectivity index (χ1n) is 7.54. The van der Waals surface area contributed by atoms with E-state index in [1.165, 1.54) is 31.3 Å². The van der Waals surface area contributed by atoms with E-state index in [1.807, 2.05) is 0 Å². The van der Waals surface area contributed by atoms with Gasteiger partial charge in [0.15, 0.2) is 0 Å². The van der Waals surface area contributed by atoms with Crippen molar-refractivity contribution in [1.29, 1.82) is 0 Å². The lowest BCUT2D eigenvalue weighted by molar-refractivity contribution is -0.183. The van der Waals surface area contributed by atoms with Crippen LogP contribution in [0.15, 0.2) is 29.2 Å². The van der Waals surface area contributed by atoms with Gasteiger partial charge in [-0.3, -0.25) is 4.79 Å². The second-order valence-corrected chi connectivity index (χ2v) is 7.70. The van der Waals surface area contributed by atoms with Gasteiger partial charge in [-0.15, -0.1) is 0 Å². The van der Waals surface area contributed by atoms with Crippen LogP contribution in [-0.2, 0) is 10.0 Å². The first-order chi connectivity index (χ1) is 11.1. The first-order valence-corrected chi connectivity index (χ1v) is 9.03. The van der Waals surface area contributed by atoms with Gasteiger partial charge in [0.2, 0.25) is 10.0 Å². The van der Waals surface area contributed by atoms with E-state index in [1.54, 1.807) is 0 Å². The zero-order valence-corrected chi connectivity index (χ0v) is 13.9. The molecule has 1 aromatic carbocycles. The average Bonchev–Trinajstić information content (AvgIpc) is 2.54. The van der Waals surface area contributed by atoms with Gasteiger partial charge in [0, 0.05) is 11.6 Å². The Labute approximate surface area is 138 Å². The minimum absolute atomic E-state index is 0.0746. The van der Waals surface area contributed by atoms with Crippen LogP contribution >= 0.6 is 0 Å². The number of hydrogen-bond donors (Lipinski definition) is 2. The molecule has 0 spiro atoms. The number of rotatable bonds is 4. The van der Waals surface area contributed by atoms with Gasteiger partial charge < -0.3 is 5.32 Å². The molecule has 0 aromatic heterocycles. The molecule has 1 aliphatic rings. The molecule has 1 fully saturated rings. The van der Waals surface area contributed by atoms with Gasteiger partial charge in [-0.25, -0.2) is 13.1 Å². The molecule has 0 radical (unpaired) electrons. The van der Waals surface area contributed by atoms with Crippen LogP contribution in [0.25, 0.3) is 0 Å². The lowest BCUT2D eigenvalue weighted by Gasteiger charge is -2.31. The predicted octanol–water partition coefficient (Wildman–Crippen LogP) is 2.45. The van der Waals surface area contributed by atoms with Crippen molar-refractivity contribution in [3.05, 3.63) is 29.8 Å². The van der Waals surface area contributed by atoms with Crippen LogP contribution < -0.4 is 10.0 Å². The van der Waals surface area contributed by atoms with Crippen LogP contribution in [0.2, 0.25) is 0 Å². The van der Waals surface area contributed by atoms with Gasteiger partial charge in [-0.2, -0.15) is 13.2 Å². The molecule has 2 N–H and O–H groups in total. The molecular weight excluding hydrogens is 345 g/mol. The fourth-order valence-corrected chi connectivity index (χ4v) is 3.58. The zero-order valence-electron chi connectivity index (χ0n) is 13.1. The third kappa shape index (κ3) is 4.47. The predicted molar refractivity (Wildman–Crippen MR) is 82.0 cm³/mol. The normalized spacial score (nSPS) is 22.2. The molecule has 24 heavy (non-hydrogen) atoms. The molecule has 0 bridgehead atoms. The van der Waals surface area contributed by atoms with E-state index >= 15 is 0 Å². The van der Waals surface area contributed by atoms with Crippen molar-refractivity contribution in [3.63, 3.8) is 0 Å². The SMILES string of the molecule is CNS(=O)(=O)c1cccc(C(=O)N[C@H]2CCC[C@@H](C(F)(F)F)C2)c1. The number of alkyl halides is 3. The van der Waals surface area contributed by atoms with Gasteiger partial charge in [-0.1, -0.05) is 12.5 Å². The van der Waals surface area contributed by atoms with Crippen molar-refractivity contribution in [2.75, 3.05) is 7.05 Å². The molecule has 0 saturated heterocycles. The molecule has 1 amide bonds. The fraction of sp³-hybridized carbons (Fsp3) is 0.533. The van der Waals surface area contributed by atoms with Gasteiger partial charge >= 0.3 is 6.18 Å². The summed E-state index contributed by atoms with van der Waals surface area (Å²) in [5, 5.41) is 2.58. The number of benzene rings is 1. The van der Waals surface area contributed by atoms with Crippen LogP contribution in [0.3, 0.4) is 0 Å². The number of hydrogen-bond acceptors (Lipinski definition) is 3. The standard InChI is InChI=1S/C15H19F3N2O3S/c1-19-24(22,23)13-7-2-4-10(8-13)14(21)20-12-6-3-5-11(9-12)15(16,17)18/h2,4,7-8,11-12,19H,3,5-6,9H2,1H3,(H,20,21)/t11-,12+/m1/s1. The second-order valence-electron chi connectivity index (χ2n) is 5.81. The highest BCUT2D eigenvalue weighted by molar-refractivity contribution is 7.89. The van der Waals surface area contributed by atoms with Crippen molar-refractivity contribution in [2.24, 2.45) is 5.92 Å². The Morgan fingerprint density at radius 3 is 2.58 bits per heavy atom. The van der Waals surface area contributed by atoms with E-state index in [2.05, 4.69) is 10.0 Å². The molecule has 0 aliphatic heterocycles. The third-order valence-corrected chi connectivity index (χ3v) is 5.56. The van der Waals surface area contributed by atoms with Gasteiger partial charge in [0.05, 0.1) is 10.8 Å². The van der Waals surface area contributed by atoms with Crippen LogP contribution in [-0.4, -0.2) is 33.6 Å². The van der Waals surface area contributed by atoms with Crippen molar-refractivity contribution in [1.82, 2.24) is 10.0 Å². The summed E-state index contributed by atoms with van der Waals surface area (Å²) in [6.07, 6.45) is -3.46. The van der Waals surface area contributed by atoms with Gasteiger partial charge in [0.25, 0.3) is 5.91 Å². The maximum Gasteiger partial charge on any atom is 0.391 e. The average molecular weight is 364 g/mol. The van der Waals surface area contributed by atoms with Crippen molar-refractivity contribution in [2.45, 2.75) is 42.8 Å². The van der Waals surface area contributed by atoms with Crippen LogP contribution in [0, 0.1) is 5.92 Å². The molecule has 9 heteroatoms. The van der Waals surface area contributed by atoms with Crippen LogP contribution in [0.4, 0.5) is 13.2 Å². The highest BCUT2D eigenvalue weighted by Gasteiger charge is 2.42. The molecule has 2 atom stereocenters. The minimum Gasteiger partial charge on any atom is -0.349 e. The third-order valence-electron chi connectivity index (χ3n) is 4.15. The summed E-state index contributed by atoms with van der Waals surface area (Å²) in [7, 11) is -2.44. The maximum absolute atomic E-state index is 12.8. The number of nitrogens with one attached hydrogen (secondary N) is 2. The molecule has 1 aromatic rings. The van der Waals surface area contributed by atoms with Crippen molar-refractivity contribution < 1.29 is 26.4 Å². The Balaban J connectivity index is 2.09. The summed E-state index contributed by atoms with van der Waals surface area (Å²) in [5.41, 5.74) is 0.0976. The van der Waals surface area contributed by atoms with Crippen molar-refractivity contribution in [3.8, 4) is 0 Å². The molecule has 0 unspecified atom stereocenters.